The second kappa shape index (κ2) is 6.25. The smallest absolute Gasteiger partial charge is 0.409 e. The van der Waals surface area contributed by atoms with Crippen molar-refractivity contribution in [2.45, 2.75) is 19.9 Å². The van der Waals surface area contributed by atoms with Gasteiger partial charge in [0, 0.05) is 39.1 Å². The average Bonchev–Trinajstić information content (AvgIpc) is 2.98. The molecule has 0 unspecified atom stereocenters. The van der Waals surface area contributed by atoms with E-state index in [2.05, 4.69) is 5.10 Å². The lowest BCUT2D eigenvalue weighted by atomic mass is 10.2. The van der Waals surface area contributed by atoms with Crippen molar-refractivity contribution >= 4 is 12.0 Å². The molecule has 1 fully saturated rings. The van der Waals surface area contributed by atoms with Crippen molar-refractivity contribution in [2.24, 2.45) is 0 Å². The van der Waals surface area contributed by atoms with Crippen molar-refractivity contribution in [3.63, 3.8) is 0 Å². The van der Waals surface area contributed by atoms with Crippen LogP contribution < -0.4 is 4.74 Å². The van der Waals surface area contributed by atoms with Gasteiger partial charge in [-0.2, -0.15) is 5.10 Å². The van der Waals surface area contributed by atoms with Crippen molar-refractivity contribution in [3.8, 4) is 5.88 Å². The molecule has 0 atom stereocenters. The van der Waals surface area contributed by atoms with E-state index in [-0.39, 0.29) is 12.0 Å². The molecule has 0 spiro atoms. The summed E-state index contributed by atoms with van der Waals surface area (Å²) in [6.45, 7) is 5.47. The van der Waals surface area contributed by atoms with Gasteiger partial charge in [-0.3, -0.25) is 4.79 Å². The van der Waals surface area contributed by atoms with Crippen molar-refractivity contribution in [2.75, 3.05) is 39.4 Å². The molecule has 3 rings (SSSR count). The molecule has 22 heavy (non-hydrogen) atoms. The Morgan fingerprint density at radius 1 is 1.23 bits per heavy atom. The van der Waals surface area contributed by atoms with Gasteiger partial charge in [-0.1, -0.05) is 0 Å². The number of rotatable bonds is 2. The molecule has 2 aliphatic heterocycles. The van der Waals surface area contributed by atoms with Gasteiger partial charge in [0.15, 0.2) is 0 Å². The number of aromatic nitrogens is 2. The Balaban J connectivity index is 1.63. The molecule has 120 valence electrons. The second-order valence-electron chi connectivity index (χ2n) is 5.27. The third kappa shape index (κ3) is 2.72. The molecule has 2 amide bonds. The number of ether oxygens (including phenoxy) is 2. The highest BCUT2D eigenvalue weighted by Gasteiger charge is 2.29. The fourth-order valence-corrected chi connectivity index (χ4v) is 2.69. The van der Waals surface area contributed by atoms with Crippen LogP contribution in [0.4, 0.5) is 4.79 Å². The largest absolute Gasteiger partial charge is 0.477 e. The van der Waals surface area contributed by atoms with Gasteiger partial charge in [0.25, 0.3) is 5.91 Å². The Bertz CT molecular complexity index is 563. The Morgan fingerprint density at radius 3 is 2.68 bits per heavy atom. The zero-order valence-electron chi connectivity index (χ0n) is 12.7. The van der Waals surface area contributed by atoms with Crippen LogP contribution >= 0.6 is 0 Å². The molecule has 2 aliphatic rings. The van der Waals surface area contributed by atoms with Crippen LogP contribution in [-0.4, -0.2) is 71.0 Å². The standard InChI is InChI=1S/C14H20N4O4/c1-2-21-14(20)17-7-5-16(6-8-17)12(19)11-10-15-18-4-3-9-22-13(11)18/h10H,2-9H2,1H3. The van der Waals surface area contributed by atoms with Crippen LogP contribution in [0.2, 0.25) is 0 Å². The van der Waals surface area contributed by atoms with E-state index in [0.29, 0.717) is 50.8 Å². The van der Waals surface area contributed by atoms with Gasteiger partial charge in [-0.15, -0.1) is 0 Å². The molecule has 0 aliphatic carbocycles. The van der Waals surface area contributed by atoms with Gasteiger partial charge in [0.05, 0.1) is 19.4 Å². The van der Waals surface area contributed by atoms with Crippen LogP contribution in [0, 0.1) is 0 Å². The lowest BCUT2D eigenvalue weighted by molar-refractivity contribution is 0.0565. The summed E-state index contributed by atoms with van der Waals surface area (Å²) in [5.74, 6) is 0.468. The fraction of sp³-hybridized carbons (Fsp3) is 0.643. The monoisotopic (exact) mass is 308 g/mol. The first-order chi connectivity index (χ1) is 10.7. The molecule has 8 heteroatoms. The van der Waals surface area contributed by atoms with Gasteiger partial charge in [0.2, 0.25) is 5.88 Å². The van der Waals surface area contributed by atoms with Crippen LogP contribution in [-0.2, 0) is 11.3 Å². The molecule has 8 nitrogen and oxygen atoms in total. The fourth-order valence-electron chi connectivity index (χ4n) is 2.69. The Morgan fingerprint density at radius 2 is 1.95 bits per heavy atom. The molecule has 0 bridgehead atoms. The zero-order valence-corrected chi connectivity index (χ0v) is 12.7. The van der Waals surface area contributed by atoms with Gasteiger partial charge in [-0.25, -0.2) is 9.48 Å². The number of hydrogen-bond acceptors (Lipinski definition) is 5. The molecule has 3 heterocycles. The first-order valence-electron chi connectivity index (χ1n) is 7.60. The number of hydrogen-bond donors (Lipinski definition) is 0. The number of amides is 2. The highest BCUT2D eigenvalue weighted by molar-refractivity contribution is 5.96. The topological polar surface area (TPSA) is 76.9 Å². The van der Waals surface area contributed by atoms with Crippen LogP contribution in [0.1, 0.15) is 23.7 Å². The summed E-state index contributed by atoms with van der Waals surface area (Å²) in [5, 5.41) is 4.20. The molecule has 1 saturated heterocycles. The van der Waals surface area contributed by atoms with E-state index in [1.807, 2.05) is 0 Å². The van der Waals surface area contributed by atoms with E-state index >= 15 is 0 Å². The molecular weight excluding hydrogens is 288 g/mol. The maximum atomic E-state index is 12.6. The highest BCUT2D eigenvalue weighted by atomic mass is 16.6. The first-order valence-corrected chi connectivity index (χ1v) is 7.60. The summed E-state index contributed by atoms with van der Waals surface area (Å²) < 4.78 is 12.3. The van der Waals surface area contributed by atoms with Crippen LogP contribution in [0.5, 0.6) is 5.88 Å². The van der Waals surface area contributed by atoms with Gasteiger partial charge < -0.3 is 19.3 Å². The average molecular weight is 308 g/mol. The van der Waals surface area contributed by atoms with E-state index in [1.165, 1.54) is 0 Å². The van der Waals surface area contributed by atoms with Gasteiger partial charge in [-0.05, 0) is 6.92 Å². The Labute approximate surface area is 128 Å². The zero-order chi connectivity index (χ0) is 15.5. The number of fused-ring (bicyclic) bond motifs is 1. The van der Waals surface area contributed by atoms with Crippen LogP contribution in [0.25, 0.3) is 0 Å². The highest BCUT2D eigenvalue weighted by Crippen LogP contribution is 2.24. The van der Waals surface area contributed by atoms with Crippen LogP contribution in [0.15, 0.2) is 6.20 Å². The van der Waals surface area contributed by atoms with Crippen molar-refractivity contribution in [1.82, 2.24) is 19.6 Å². The molecule has 0 aromatic carbocycles. The summed E-state index contributed by atoms with van der Waals surface area (Å²) in [6.07, 6.45) is 2.15. The van der Waals surface area contributed by atoms with E-state index in [9.17, 15) is 9.59 Å². The lowest BCUT2D eigenvalue weighted by Crippen LogP contribution is -2.50. The summed E-state index contributed by atoms with van der Waals surface area (Å²) in [4.78, 5) is 27.6. The molecule has 1 aromatic heterocycles. The predicted molar refractivity (Wildman–Crippen MR) is 76.8 cm³/mol. The molecule has 0 saturated carbocycles. The Kier molecular flexibility index (Phi) is 4.17. The number of piperazine rings is 1. The van der Waals surface area contributed by atoms with Crippen LogP contribution in [0.3, 0.4) is 0 Å². The maximum absolute atomic E-state index is 12.6. The molecule has 0 N–H and O–H groups in total. The van der Waals surface area contributed by atoms with Gasteiger partial charge >= 0.3 is 6.09 Å². The summed E-state index contributed by atoms with van der Waals surface area (Å²) >= 11 is 0. The second-order valence-corrected chi connectivity index (χ2v) is 5.27. The third-order valence-corrected chi connectivity index (χ3v) is 3.87. The first kappa shape index (κ1) is 14.7. The number of aryl methyl sites for hydroxylation is 1. The minimum Gasteiger partial charge on any atom is -0.477 e. The van der Waals surface area contributed by atoms with E-state index in [0.717, 1.165) is 13.0 Å². The predicted octanol–water partition coefficient (Wildman–Crippen LogP) is 0.580. The van der Waals surface area contributed by atoms with Crippen molar-refractivity contribution in [3.05, 3.63) is 11.8 Å². The van der Waals surface area contributed by atoms with E-state index in [4.69, 9.17) is 9.47 Å². The number of carbonyl (C=O) groups is 2. The van der Waals surface area contributed by atoms with E-state index in [1.54, 1.807) is 27.6 Å². The maximum Gasteiger partial charge on any atom is 0.409 e. The Hall–Kier alpha value is -2.25. The quantitative estimate of drug-likeness (QED) is 0.799. The summed E-state index contributed by atoms with van der Waals surface area (Å²) in [6, 6.07) is 0. The minimum absolute atomic E-state index is 0.0911. The molecule has 1 aromatic rings. The van der Waals surface area contributed by atoms with Crippen molar-refractivity contribution < 1.29 is 19.1 Å². The SMILES string of the molecule is CCOC(=O)N1CCN(C(=O)c2cnn3c2OCCC3)CC1. The minimum atomic E-state index is -0.319. The normalized spacial score (nSPS) is 17.7. The lowest BCUT2D eigenvalue weighted by Gasteiger charge is -2.34. The number of nitrogens with zero attached hydrogens (tertiary/aromatic N) is 4. The molecular formula is C14H20N4O4. The van der Waals surface area contributed by atoms with Gasteiger partial charge in [0.1, 0.15) is 5.56 Å². The third-order valence-electron chi connectivity index (χ3n) is 3.87. The van der Waals surface area contributed by atoms with Crippen molar-refractivity contribution in [1.29, 1.82) is 0 Å². The number of carbonyl (C=O) groups excluding carboxylic acids is 2. The molecule has 0 radical (unpaired) electrons. The summed E-state index contributed by atoms with van der Waals surface area (Å²) in [7, 11) is 0. The summed E-state index contributed by atoms with van der Waals surface area (Å²) in [5.41, 5.74) is 0.504. The van der Waals surface area contributed by atoms with E-state index < -0.39 is 0 Å².